The van der Waals surface area contributed by atoms with E-state index in [4.69, 9.17) is 4.74 Å². The van der Waals surface area contributed by atoms with E-state index in [0.29, 0.717) is 23.6 Å². The molecular formula is C18H17N3O4S. The zero-order chi connectivity index (χ0) is 18.7. The van der Waals surface area contributed by atoms with Crippen LogP contribution in [0.3, 0.4) is 0 Å². The largest absolute Gasteiger partial charge is 0.465 e. The number of carbonyl (C=O) groups is 2. The first kappa shape index (κ1) is 17.8. The van der Waals surface area contributed by atoms with E-state index in [-0.39, 0.29) is 22.6 Å². The average Bonchev–Trinajstić information content (AvgIpc) is 3.04. The van der Waals surface area contributed by atoms with Crippen LogP contribution in [0.5, 0.6) is 0 Å². The normalized spacial score (nSPS) is 10.7. The number of hydrogen-bond donors (Lipinski definition) is 1. The van der Waals surface area contributed by atoms with Gasteiger partial charge in [-0.05, 0) is 19.1 Å². The van der Waals surface area contributed by atoms with Crippen molar-refractivity contribution in [1.29, 1.82) is 0 Å². The van der Waals surface area contributed by atoms with E-state index in [9.17, 15) is 14.4 Å². The molecule has 0 fully saturated rings. The van der Waals surface area contributed by atoms with Gasteiger partial charge in [0.15, 0.2) is 4.96 Å². The minimum absolute atomic E-state index is 0.133. The molecule has 1 N–H and O–H groups in total. The van der Waals surface area contributed by atoms with Crippen molar-refractivity contribution in [2.24, 2.45) is 0 Å². The molecule has 1 aromatic carbocycles. The van der Waals surface area contributed by atoms with Gasteiger partial charge in [0.1, 0.15) is 0 Å². The maximum Gasteiger partial charge on any atom is 0.338 e. The van der Waals surface area contributed by atoms with Crippen LogP contribution in [0.2, 0.25) is 0 Å². The van der Waals surface area contributed by atoms with Crippen LogP contribution in [0.15, 0.2) is 40.5 Å². The summed E-state index contributed by atoms with van der Waals surface area (Å²) in [6.45, 7) is 2.10. The molecule has 8 heteroatoms. The highest BCUT2D eigenvalue weighted by molar-refractivity contribution is 7.15. The second-order valence-electron chi connectivity index (χ2n) is 5.62. The Balaban J connectivity index is 1.72. The van der Waals surface area contributed by atoms with Crippen molar-refractivity contribution in [2.45, 2.75) is 13.3 Å². The maximum absolute atomic E-state index is 12.4. The van der Waals surface area contributed by atoms with E-state index in [2.05, 4.69) is 10.3 Å². The monoisotopic (exact) mass is 371 g/mol. The SMILES string of the molecule is COC(=O)c1ccccc1C(=O)NCCc1csc2nc(C)cc(=O)n12. The first-order valence-corrected chi connectivity index (χ1v) is 8.81. The number of amides is 1. The van der Waals surface area contributed by atoms with Gasteiger partial charge < -0.3 is 10.1 Å². The van der Waals surface area contributed by atoms with Gasteiger partial charge in [-0.25, -0.2) is 9.78 Å². The summed E-state index contributed by atoms with van der Waals surface area (Å²) in [5.74, 6) is -0.931. The third-order valence-corrected chi connectivity index (χ3v) is 4.72. The van der Waals surface area contributed by atoms with Crippen LogP contribution in [0.1, 0.15) is 32.1 Å². The number of thiazole rings is 1. The molecule has 0 aliphatic rings. The lowest BCUT2D eigenvalue weighted by molar-refractivity contribution is 0.0596. The van der Waals surface area contributed by atoms with E-state index in [1.165, 1.54) is 24.5 Å². The average molecular weight is 371 g/mol. The number of benzene rings is 1. The number of nitrogens with one attached hydrogen (secondary N) is 1. The summed E-state index contributed by atoms with van der Waals surface area (Å²) in [5.41, 5.74) is 1.79. The number of nitrogens with zero attached hydrogens (tertiary/aromatic N) is 2. The molecule has 0 bridgehead atoms. The summed E-state index contributed by atoms with van der Waals surface area (Å²) in [4.78, 5) is 41.3. The molecule has 0 spiro atoms. The van der Waals surface area contributed by atoms with Gasteiger partial charge in [0.2, 0.25) is 0 Å². The fraction of sp³-hybridized carbons (Fsp3) is 0.222. The third-order valence-electron chi connectivity index (χ3n) is 3.85. The van der Waals surface area contributed by atoms with Crippen LogP contribution >= 0.6 is 11.3 Å². The molecule has 7 nitrogen and oxygen atoms in total. The predicted molar refractivity (Wildman–Crippen MR) is 97.9 cm³/mol. The van der Waals surface area contributed by atoms with Crippen molar-refractivity contribution in [2.75, 3.05) is 13.7 Å². The number of rotatable bonds is 5. The van der Waals surface area contributed by atoms with Gasteiger partial charge in [-0.2, -0.15) is 0 Å². The molecule has 2 heterocycles. The molecular weight excluding hydrogens is 354 g/mol. The molecule has 0 saturated carbocycles. The quantitative estimate of drug-likeness (QED) is 0.691. The Morgan fingerprint density at radius 2 is 2.00 bits per heavy atom. The van der Waals surface area contributed by atoms with Crippen LogP contribution in [0.4, 0.5) is 0 Å². The Kier molecular flexibility index (Phi) is 5.13. The Labute approximate surface area is 153 Å². The zero-order valence-corrected chi connectivity index (χ0v) is 15.1. The second kappa shape index (κ2) is 7.49. The molecule has 0 radical (unpaired) electrons. The number of aryl methyl sites for hydroxylation is 1. The number of ether oxygens (including phenoxy) is 1. The minimum Gasteiger partial charge on any atom is -0.465 e. The lowest BCUT2D eigenvalue weighted by Crippen LogP contribution is -2.28. The van der Waals surface area contributed by atoms with Crippen LogP contribution in [-0.4, -0.2) is 34.9 Å². The molecule has 3 aromatic rings. The number of carbonyl (C=O) groups excluding carboxylic acids is 2. The Bertz CT molecular complexity index is 1040. The summed E-state index contributed by atoms with van der Waals surface area (Å²) >= 11 is 1.38. The van der Waals surface area contributed by atoms with Crippen LogP contribution < -0.4 is 10.9 Å². The first-order chi connectivity index (χ1) is 12.5. The highest BCUT2D eigenvalue weighted by atomic mass is 32.1. The third kappa shape index (κ3) is 3.50. The fourth-order valence-corrected chi connectivity index (χ4v) is 3.60. The number of aromatic nitrogens is 2. The zero-order valence-electron chi connectivity index (χ0n) is 14.3. The van der Waals surface area contributed by atoms with E-state index < -0.39 is 5.97 Å². The molecule has 26 heavy (non-hydrogen) atoms. The highest BCUT2D eigenvalue weighted by Crippen LogP contribution is 2.13. The molecule has 3 rings (SSSR count). The summed E-state index contributed by atoms with van der Waals surface area (Å²) in [6, 6.07) is 7.94. The van der Waals surface area contributed by atoms with Crippen molar-refractivity contribution in [1.82, 2.24) is 14.7 Å². The molecule has 134 valence electrons. The molecule has 0 saturated heterocycles. The van der Waals surface area contributed by atoms with Crippen molar-refractivity contribution in [3.8, 4) is 0 Å². The Morgan fingerprint density at radius 1 is 1.27 bits per heavy atom. The van der Waals surface area contributed by atoms with Gasteiger partial charge in [0, 0.05) is 35.8 Å². The van der Waals surface area contributed by atoms with E-state index in [0.717, 1.165) is 5.69 Å². The fourth-order valence-electron chi connectivity index (χ4n) is 2.63. The van der Waals surface area contributed by atoms with E-state index in [1.807, 2.05) is 5.38 Å². The number of methoxy groups -OCH3 is 1. The van der Waals surface area contributed by atoms with Gasteiger partial charge in [-0.1, -0.05) is 12.1 Å². The first-order valence-electron chi connectivity index (χ1n) is 7.93. The summed E-state index contributed by atoms with van der Waals surface area (Å²) < 4.78 is 6.25. The predicted octanol–water partition coefficient (Wildman–Crippen LogP) is 1.82. The molecule has 1 amide bonds. The van der Waals surface area contributed by atoms with Gasteiger partial charge in [-0.3, -0.25) is 14.0 Å². The van der Waals surface area contributed by atoms with Crippen LogP contribution in [0.25, 0.3) is 4.96 Å². The van der Waals surface area contributed by atoms with Crippen molar-refractivity contribution in [3.05, 3.63) is 68.6 Å². The van der Waals surface area contributed by atoms with Crippen molar-refractivity contribution < 1.29 is 14.3 Å². The number of fused-ring (bicyclic) bond motifs is 1. The molecule has 2 aromatic heterocycles. The number of esters is 1. The standard InChI is InChI=1S/C18H17N3O4S/c1-11-9-15(22)21-12(10-26-18(21)20-11)7-8-19-16(23)13-5-3-4-6-14(13)17(24)25-2/h3-6,9-10H,7-8H2,1-2H3,(H,19,23). The van der Waals surface area contributed by atoms with Crippen molar-refractivity contribution >= 4 is 28.2 Å². The van der Waals surface area contributed by atoms with Gasteiger partial charge >= 0.3 is 5.97 Å². The van der Waals surface area contributed by atoms with Crippen LogP contribution in [0, 0.1) is 6.92 Å². The van der Waals surface area contributed by atoms with Gasteiger partial charge in [0.25, 0.3) is 11.5 Å². The topological polar surface area (TPSA) is 89.8 Å². The number of hydrogen-bond acceptors (Lipinski definition) is 6. The lowest BCUT2D eigenvalue weighted by Gasteiger charge is -2.09. The molecule has 0 aliphatic carbocycles. The summed E-state index contributed by atoms with van der Waals surface area (Å²) in [5, 5.41) is 4.63. The summed E-state index contributed by atoms with van der Waals surface area (Å²) in [6.07, 6.45) is 0.469. The lowest BCUT2D eigenvalue weighted by atomic mass is 10.1. The maximum atomic E-state index is 12.4. The molecule has 0 unspecified atom stereocenters. The minimum atomic E-state index is -0.562. The summed E-state index contributed by atoms with van der Waals surface area (Å²) in [7, 11) is 1.27. The smallest absolute Gasteiger partial charge is 0.338 e. The Morgan fingerprint density at radius 3 is 2.73 bits per heavy atom. The van der Waals surface area contributed by atoms with E-state index in [1.54, 1.807) is 35.6 Å². The highest BCUT2D eigenvalue weighted by Gasteiger charge is 2.17. The van der Waals surface area contributed by atoms with Gasteiger partial charge in [-0.15, -0.1) is 11.3 Å². The van der Waals surface area contributed by atoms with Crippen molar-refractivity contribution in [3.63, 3.8) is 0 Å². The van der Waals surface area contributed by atoms with E-state index >= 15 is 0 Å². The Hall–Kier alpha value is -3.00. The second-order valence-corrected chi connectivity index (χ2v) is 6.46. The van der Waals surface area contributed by atoms with Crippen LogP contribution in [-0.2, 0) is 11.2 Å². The molecule has 0 atom stereocenters. The molecule has 0 aliphatic heterocycles. The van der Waals surface area contributed by atoms with Gasteiger partial charge in [0.05, 0.1) is 18.2 Å².